The lowest BCUT2D eigenvalue weighted by molar-refractivity contribution is -0.128. The van der Waals surface area contributed by atoms with Crippen molar-refractivity contribution in [3.63, 3.8) is 0 Å². The first kappa shape index (κ1) is 19.1. The zero-order valence-electron chi connectivity index (χ0n) is 13.9. The number of H-pyrrole nitrogens is 1. The van der Waals surface area contributed by atoms with Gasteiger partial charge in [0.15, 0.2) is 0 Å². The Morgan fingerprint density at radius 1 is 1.40 bits per heavy atom. The number of nitrogens with one attached hydrogen (secondary N) is 3. The van der Waals surface area contributed by atoms with Gasteiger partial charge in [-0.15, -0.1) is 12.4 Å². The van der Waals surface area contributed by atoms with E-state index >= 15 is 0 Å². The van der Waals surface area contributed by atoms with Crippen molar-refractivity contribution in [2.45, 2.75) is 19.4 Å². The second kappa shape index (κ2) is 8.75. The first-order valence-electron chi connectivity index (χ1n) is 7.99. The molecule has 1 saturated heterocycles. The Morgan fingerprint density at radius 2 is 2.24 bits per heavy atom. The predicted molar refractivity (Wildman–Crippen MR) is 98.2 cm³/mol. The minimum atomic E-state index is -0.497. The normalized spacial score (nSPS) is 16.8. The lowest BCUT2D eigenvalue weighted by atomic mass is 10.1. The maximum absolute atomic E-state index is 12.2. The van der Waals surface area contributed by atoms with Gasteiger partial charge in [-0.25, -0.2) is 4.98 Å². The zero-order chi connectivity index (χ0) is 16.9. The number of nitrogens with zero attached hydrogens (tertiary/aromatic N) is 1. The van der Waals surface area contributed by atoms with Crippen molar-refractivity contribution < 1.29 is 9.53 Å². The molecule has 7 nitrogen and oxygen atoms in total. The molecular weight excluding hydrogens is 344 g/mol. The quantitative estimate of drug-likeness (QED) is 0.761. The Labute approximate surface area is 151 Å². The van der Waals surface area contributed by atoms with E-state index in [1.54, 1.807) is 12.1 Å². The molecule has 0 saturated carbocycles. The summed E-state index contributed by atoms with van der Waals surface area (Å²) >= 11 is 0. The minimum absolute atomic E-state index is 0. The highest BCUT2D eigenvalue weighted by Gasteiger charge is 2.21. The summed E-state index contributed by atoms with van der Waals surface area (Å²) in [5.41, 5.74) is 1.91. The zero-order valence-corrected chi connectivity index (χ0v) is 14.7. The number of aryl methyl sites for hydroxylation is 1. The number of aromatic nitrogens is 2. The molecule has 1 atom stereocenters. The Hall–Kier alpha value is -2.22. The number of amides is 1. The monoisotopic (exact) mass is 364 g/mol. The number of rotatable bonds is 4. The summed E-state index contributed by atoms with van der Waals surface area (Å²) in [4.78, 5) is 31.1. The van der Waals surface area contributed by atoms with Crippen LogP contribution in [0.1, 0.15) is 12.6 Å². The Bertz CT molecular complexity index is 787. The maximum Gasteiger partial charge on any atom is 0.254 e. The molecular formula is C17H21ClN4O3. The molecule has 1 amide bonds. The van der Waals surface area contributed by atoms with Crippen LogP contribution in [-0.2, 0) is 16.0 Å². The molecule has 0 radical (unpaired) electrons. The van der Waals surface area contributed by atoms with Gasteiger partial charge in [0.1, 0.15) is 11.9 Å². The van der Waals surface area contributed by atoms with Crippen molar-refractivity contribution in [3.05, 3.63) is 46.4 Å². The molecule has 8 heteroatoms. The number of hydrogen-bond acceptors (Lipinski definition) is 5. The van der Waals surface area contributed by atoms with E-state index in [1.807, 2.05) is 19.1 Å². The number of hydrogen-bond donors (Lipinski definition) is 3. The van der Waals surface area contributed by atoms with E-state index in [4.69, 9.17) is 4.74 Å². The highest BCUT2D eigenvalue weighted by atomic mass is 35.5. The molecule has 2 aromatic rings. The van der Waals surface area contributed by atoms with Crippen LogP contribution >= 0.6 is 12.4 Å². The fourth-order valence-corrected chi connectivity index (χ4v) is 2.53. The summed E-state index contributed by atoms with van der Waals surface area (Å²) in [6.45, 7) is 3.72. The minimum Gasteiger partial charge on any atom is -0.366 e. The van der Waals surface area contributed by atoms with E-state index in [2.05, 4.69) is 20.6 Å². The van der Waals surface area contributed by atoms with Crippen LogP contribution in [0.3, 0.4) is 0 Å². The summed E-state index contributed by atoms with van der Waals surface area (Å²) in [7, 11) is 0. The Kier molecular flexibility index (Phi) is 6.69. The van der Waals surface area contributed by atoms with Crippen LogP contribution in [0.2, 0.25) is 0 Å². The van der Waals surface area contributed by atoms with Gasteiger partial charge >= 0.3 is 0 Å². The third-order valence-corrected chi connectivity index (χ3v) is 3.78. The molecule has 1 aromatic heterocycles. The summed E-state index contributed by atoms with van der Waals surface area (Å²) in [6, 6.07) is 8.71. The first-order valence-corrected chi connectivity index (χ1v) is 7.99. The summed E-state index contributed by atoms with van der Waals surface area (Å²) in [5.74, 6) is 0.300. The fraction of sp³-hybridized carbons (Fsp3) is 0.353. The highest BCUT2D eigenvalue weighted by molar-refractivity contribution is 5.94. The summed E-state index contributed by atoms with van der Waals surface area (Å²) in [5, 5.41) is 5.96. The van der Waals surface area contributed by atoms with Crippen LogP contribution in [0.5, 0.6) is 0 Å². The van der Waals surface area contributed by atoms with Crippen molar-refractivity contribution in [1.82, 2.24) is 15.3 Å². The van der Waals surface area contributed by atoms with Gasteiger partial charge in [-0.3, -0.25) is 9.59 Å². The van der Waals surface area contributed by atoms with Gasteiger partial charge in [-0.1, -0.05) is 19.1 Å². The largest absolute Gasteiger partial charge is 0.366 e. The Morgan fingerprint density at radius 3 is 2.96 bits per heavy atom. The second-order valence-electron chi connectivity index (χ2n) is 5.57. The SMILES string of the molecule is CCc1cc(=O)[nH]c(-c2cccc(NC(=O)C3CNCCO3)c2)n1.Cl. The van der Waals surface area contributed by atoms with Gasteiger partial charge in [-0.2, -0.15) is 0 Å². The second-order valence-corrected chi connectivity index (χ2v) is 5.57. The lowest BCUT2D eigenvalue weighted by Gasteiger charge is -2.22. The molecule has 0 bridgehead atoms. The van der Waals surface area contributed by atoms with Crippen LogP contribution in [-0.4, -0.2) is 41.7 Å². The molecule has 25 heavy (non-hydrogen) atoms. The number of anilines is 1. The van der Waals surface area contributed by atoms with Gasteiger partial charge in [0.25, 0.3) is 11.5 Å². The van der Waals surface area contributed by atoms with Crippen molar-refractivity contribution >= 4 is 24.0 Å². The van der Waals surface area contributed by atoms with Gasteiger partial charge in [0, 0.05) is 36.1 Å². The van der Waals surface area contributed by atoms with Crippen molar-refractivity contribution in [2.24, 2.45) is 0 Å². The van der Waals surface area contributed by atoms with Crippen LogP contribution in [0.15, 0.2) is 35.1 Å². The van der Waals surface area contributed by atoms with E-state index in [1.165, 1.54) is 6.07 Å². The molecule has 0 spiro atoms. The van der Waals surface area contributed by atoms with E-state index in [0.29, 0.717) is 31.1 Å². The third-order valence-electron chi connectivity index (χ3n) is 3.78. The van der Waals surface area contributed by atoms with Crippen molar-refractivity contribution in [2.75, 3.05) is 25.0 Å². The van der Waals surface area contributed by atoms with E-state index in [0.717, 1.165) is 17.8 Å². The van der Waals surface area contributed by atoms with Gasteiger partial charge in [-0.05, 0) is 18.6 Å². The predicted octanol–water partition coefficient (Wildman–Crippen LogP) is 1.35. The topological polar surface area (TPSA) is 96.1 Å². The number of halogens is 1. The summed E-state index contributed by atoms with van der Waals surface area (Å²) in [6.07, 6.45) is 0.183. The molecule has 2 heterocycles. The number of benzene rings is 1. The average Bonchev–Trinajstić information content (AvgIpc) is 2.62. The molecule has 1 aromatic carbocycles. The van der Waals surface area contributed by atoms with Crippen molar-refractivity contribution in [3.8, 4) is 11.4 Å². The lowest BCUT2D eigenvalue weighted by Crippen LogP contribution is -2.45. The molecule has 0 aliphatic carbocycles. The van der Waals surface area contributed by atoms with E-state index in [9.17, 15) is 9.59 Å². The number of ether oxygens (including phenoxy) is 1. The van der Waals surface area contributed by atoms with Crippen LogP contribution in [0, 0.1) is 0 Å². The average molecular weight is 365 g/mol. The molecule has 1 unspecified atom stereocenters. The van der Waals surface area contributed by atoms with E-state index in [-0.39, 0.29) is 23.9 Å². The number of morpholine rings is 1. The molecule has 134 valence electrons. The summed E-state index contributed by atoms with van der Waals surface area (Å²) < 4.78 is 5.44. The molecule has 1 fully saturated rings. The van der Waals surface area contributed by atoms with Gasteiger partial charge in [0.2, 0.25) is 0 Å². The highest BCUT2D eigenvalue weighted by Crippen LogP contribution is 2.19. The number of aromatic amines is 1. The maximum atomic E-state index is 12.2. The standard InChI is InChI=1S/C17H20N4O3.ClH/c1-2-12-9-15(22)21-16(19-12)11-4-3-5-13(8-11)20-17(23)14-10-18-6-7-24-14;/h3-5,8-9,14,18H,2,6-7,10H2,1H3,(H,20,23)(H,19,21,22);1H. The van der Waals surface area contributed by atoms with Gasteiger partial charge < -0.3 is 20.4 Å². The van der Waals surface area contributed by atoms with Crippen LogP contribution in [0.4, 0.5) is 5.69 Å². The van der Waals surface area contributed by atoms with Crippen LogP contribution in [0.25, 0.3) is 11.4 Å². The van der Waals surface area contributed by atoms with Crippen LogP contribution < -0.4 is 16.2 Å². The fourth-order valence-electron chi connectivity index (χ4n) is 2.53. The molecule has 3 N–H and O–H groups in total. The van der Waals surface area contributed by atoms with Gasteiger partial charge in [0.05, 0.1) is 6.61 Å². The smallest absolute Gasteiger partial charge is 0.254 e. The van der Waals surface area contributed by atoms with E-state index < -0.39 is 6.10 Å². The third kappa shape index (κ3) is 4.88. The molecule has 1 aliphatic rings. The molecule has 1 aliphatic heterocycles. The Balaban J connectivity index is 0.00000225. The number of carbonyl (C=O) groups excluding carboxylic acids is 1. The molecule has 3 rings (SSSR count). The van der Waals surface area contributed by atoms with Crippen molar-refractivity contribution in [1.29, 1.82) is 0 Å². The first-order chi connectivity index (χ1) is 11.7. The number of carbonyl (C=O) groups is 1.